The van der Waals surface area contributed by atoms with Gasteiger partial charge in [-0.3, -0.25) is 9.78 Å². The minimum atomic E-state index is -0.380. The third-order valence-electron chi connectivity index (χ3n) is 3.51. The summed E-state index contributed by atoms with van der Waals surface area (Å²) < 4.78 is 0. The smallest absolute Gasteiger partial charge is 0.253 e. The second-order valence-electron chi connectivity index (χ2n) is 5.03. The first-order valence-corrected chi connectivity index (χ1v) is 5.54. The summed E-state index contributed by atoms with van der Waals surface area (Å²) in [6, 6.07) is 1.32. The molecular formula is C12H16N2O3. The van der Waals surface area contributed by atoms with Crippen LogP contribution in [0, 0.1) is 5.41 Å². The van der Waals surface area contributed by atoms with Crippen LogP contribution in [0.15, 0.2) is 18.5 Å². The molecule has 0 radical (unpaired) electrons. The first-order valence-electron chi connectivity index (χ1n) is 5.54. The molecule has 1 amide bonds. The maximum Gasteiger partial charge on any atom is 0.253 e. The fourth-order valence-electron chi connectivity index (χ4n) is 1.94. The van der Waals surface area contributed by atoms with Gasteiger partial charge in [0.15, 0.2) is 0 Å². The van der Waals surface area contributed by atoms with Gasteiger partial charge in [-0.2, -0.15) is 0 Å². The van der Waals surface area contributed by atoms with E-state index in [-0.39, 0.29) is 29.2 Å². The molecule has 0 aliphatic heterocycles. The molecule has 0 aromatic carbocycles. The number of aliphatic hydroxyl groups excluding tert-OH is 1. The number of nitrogens with zero attached hydrogens (tertiary/aromatic N) is 1. The predicted molar refractivity (Wildman–Crippen MR) is 61.6 cm³/mol. The van der Waals surface area contributed by atoms with Crippen molar-refractivity contribution in [2.45, 2.75) is 32.4 Å². The summed E-state index contributed by atoms with van der Waals surface area (Å²) in [6.45, 7) is 3.82. The number of carbonyl (C=O) groups excluding carboxylic acids is 1. The Labute approximate surface area is 99.5 Å². The maximum atomic E-state index is 11.9. The minimum Gasteiger partial charge on any atom is -0.506 e. The van der Waals surface area contributed by atoms with Gasteiger partial charge in [0.25, 0.3) is 5.91 Å². The Bertz CT molecular complexity index is 445. The van der Waals surface area contributed by atoms with Gasteiger partial charge in [-0.05, 0) is 12.5 Å². The van der Waals surface area contributed by atoms with E-state index in [0.29, 0.717) is 12.0 Å². The summed E-state index contributed by atoms with van der Waals surface area (Å²) in [5.74, 6) is -0.316. The highest BCUT2D eigenvalue weighted by Gasteiger charge is 2.47. The van der Waals surface area contributed by atoms with E-state index in [1.807, 2.05) is 13.8 Å². The normalized spacial score (nSPS) is 26.1. The van der Waals surface area contributed by atoms with E-state index in [0.717, 1.165) is 0 Å². The van der Waals surface area contributed by atoms with Gasteiger partial charge in [0.05, 0.1) is 17.9 Å². The summed E-state index contributed by atoms with van der Waals surface area (Å²) in [7, 11) is 0. The van der Waals surface area contributed by atoms with Crippen molar-refractivity contribution in [2.75, 3.05) is 0 Å². The number of rotatable bonds is 2. The molecule has 1 aliphatic carbocycles. The number of hydrogen-bond acceptors (Lipinski definition) is 4. The maximum absolute atomic E-state index is 11.9. The number of amides is 1. The highest BCUT2D eigenvalue weighted by molar-refractivity contribution is 5.94. The van der Waals surface area contributed by atoms with E-state index in [1.165, 1.54) is 18.5 Å². The van der Waals surface area contributed by atoms with Crippen LogP contribution in [-0.2, 0) is 0 Å². The Balaban J connectivity index is 2.04. The Morgan fingerprint density at radius 3 is 2.76 bits per heavy atom. The van der Waals surface area contributed by atoms with Crippen molar-refractivity contribution in [1.29, 1.82) is 0 Å². The third kappa shape index (κ3) is 2.10. The molecular weight excluding hydrogens is 220 g/mol. The molecule has 2 unspecified atom stereocenters. The number of pyridine rings is 1. The molecule has 3 N–H and O–H groups in total. The standard InChI is InChI=1S/C12H16N2O3/c1-12(2)9(4-10(12)16)14-11(17)7-3-8(15)6-13-5-7/h3,5-6,9-10,15-16H,4H2,1-2H3,(H,14,17). The summed E-state index contributed by atoms with van der Waals surface area (Å²) in [6.07, 6.45) is 2.85. The number of aliphatic hydroxyl groups is 1. The molecule has 1 saturated carbocycles. The largest absolute Gasteiger partial charge is 0.506 e. The Morgan fingerprint density at radius 2 is 2.24 bits per heavy atom. The predicted octanol–water partition coefficient (Wildman–Crippen LogP) is 0.676. The fourth-order valence-corrected chi connectivity index (χ4v) is 1.94. The van der Waals surface area contributed by atoms with Crippen molar-refractivity contribution in [3.8, 4) is 5.75 Å². The molecule has 92 valence electrons. The summed E-state index contributed by atoms with van der Waals surface area (Å²) in [4.78, 5) is 15.6. The van der Waals surface area contributed by atoms with Crippen LogP contribution < -0.4 is 5.32 Å². The van der Waals surface area contributed by atoms with Gasteiger partial charge in [-0.25, -0.2) is 0 Å². The lowest BCUT2D eigenvalue weighted by Gasteiger charge is -2.49. The van der Waals surface area contributed by atoms with Gasteiger partial charge >= 0.3 is 0 Å². The molecule has 1 heterocycles. The monoisotopic (exact) mass is 236 g/mol. The van der Waals surface area contributed by atoms with E-state index >= 15 is 0 Å². The number of aromatic hydroxyl groups is 1. The zero-order valence-corrected chi connectivity index (χ0v) is 9.84. The van der Waals surface area contributed by atoms with E-state index < -0.39 is 0 Å². The van der Waals surface area contributed by atoms with Crippen LogP contribution in [0.25, 0.3) is 0 Å². The Morgan fingerprint density at radius 1 is 1.53 bits per heavy atom. The second kappa shape index (κ2) is 4.00. The summed E-state index contributed by atoms with van der Waals surface area (Å²) >= 11 is 0. The highest BCUT2D eigenvalue weighted by atomic mass is 16.3. The summed E-state index contributed by atoms with van der Waals surface area (Å²) in [5.41, 5.74) is 0.0158. The van der Waals surface area contributed by atoms with Crippen LogP contribution in [0.4, 0.5) is 0 Å². The van der Waals surface area contributed by atoms with Gasteiger partial charge in [0.1, 0.15) is 5.75 Å². The fraction of sp³-hybridized carbons (Fsp3) is 0.500. The van der Waals surface area contributed by atoms with Crippen LogP contribution in [0.1, 0.15) is 30.6 Å². The van der Waals surface area contributed by atoms with E-state index in [9.17, 15) is 15.0 Å². The first-order chi connectivity index (χ1) is 7.91. The average Bonchev–Trinajstić information content (AvgIpc) is 2.28. The number of nitrogens with one attached hydrogen (secondary N) is 1. The molecule has 17 heavy (non-hydrogen) atoms. The number of carbonyl (C=O) groups is 1. The topological polar surface area (TPSA) is 82.5 Å². The minimum absolute atomic E-state index is 0.0365. The van der Waals surface area contributed by atoms with Crippen LogP contribution in [0.2, 0.25) is 0 Å². The zero-order valence-electron chi connectivity index (χ0n) is 9.84. The first kappa shape index (κ1) is 11.9. The molecule has 1 aliphatic rings. The molecule has 0 saturated heterocycles. The van der Waals surface area contributed by atoms with Gasteiger partial charge in [0.2, 0.25) is 0 Å². The zero-order chi connectivity index (χ0) is 12.6. The van der Waals surface area contributed by atoms with E-state index in [4.69, 9.17) is 0 Å². The molecule has 1 fully saturated rings. The molecule has 2 rings (SSSR count). The average molecular weight is 236 g/mol. The Hall–Kier alpha value is -1.62. The highest BCUT2D eigenvalue weighted by Crippen LogP contribution is 2.40. The molecule has 5 nitrogen and oxygen atoms in total. The number of hydrogen-bond donors (Lipinski definition) is 3. The van der Waals surface area contributed by atoms with Crippen molar-refractivity contribution in [3.63, 3.8) is 0 Å². The molecule has 1 aromatic heterocycles. The summed E-state index contributed by atoms with van der Waals surface area (Å²) in [5, 5.41) is 21.6. The molecule has 0 spiro atoms. The van der Waals surface area contributed by atoms with Crippen molar-refractivity contribution in [3.05, 3.63) is 24.0 Å². The second-order valence-corrected chi connectivity index (χ2v) is 5.03. The van der Waals surface area contributed by atoms with Crippen molar-refractivity contribution >= 4 is 5.91 Å². The van der Waals surface area contributed by atoms with Gasteiger partial charge < -0.3 is 15.5 Å². The SMILES string of the molecule is CC1(C)C(O)CC1NC(=O)c1cncc(O)c1. The third-order valence-corrected chi connectivity index (χ3v) is 3.51. The molecule has 0 bridgehead atoms. The van der Waals surface area contributed by atoms with Crippen LogP contribution >= 0.6 is 0 Å². The lowest BCUT2D eigenvalue weighted by molar-refractivity contribution is -0.0689. The van der Waals surface area contributed by atoms with Gasteiger partial charge in [-0.1, -0.05) is 13.8 Å². The molecule has 1 aromatic rings. The van der Waals surface area contributed by atoms with Crippen molar-refractivity contribution < 1.29 is 15.0 Å². The van der Waals surface area contributed by atoms with E-state index in [1.54, 1.807) is 0 Å². The van der Waals surface area contributed by atoms with Crippen molar-refractivity contribution in [2.24, 2.45) is 5.41 Å². The van der Waals surface area contributed by atoms with Crippen LogP contribution in [-0.4, -0.2) is 33.3 Å². The quantitative estimate of drug-likeness (QED) is 0.705. The van der Waals surface area contributed by atoms with Gasteiger partial charge in [0, 0.05) is 17.7 Å². The van der Waals surface area contributed by atoms with Crippen molar-refractivity contribution in [1.82, 2.24) is 10.3 Å². The van der Waals surface area contributed by atoms with Gasteiger partial charge in [-0.15, -0.1) is 0 Å². The van der Waals surface area contributed by atoms with Crippen LogP contribution in [0.5, 0.6) is 5.75 Å². The van der Waals surface area contributed by atoms with E-state index in [2.05, 4.69) is 10.3 Å². The lowest BCUT2D eigenvalue weighted by atomic mass is 9.64. The number of aromatic nitrogens is 1. The Kier molecular flexibility index (Phi) is 2.79. The molecule has 5 heteroatoms. The molecule has 2 atom stereocenters. The van der Waals surface area contributed by atoms with Crippen LogP contribution in [0.3, 0.4) is 0 Å². The lowest BCUT2D eigenvalue weighted by Crippen LogP contribution is -2.61.